The Labute approximate surface area is 141 Å². The fourth-order valence-corrected chi connectivity index (χ4v) is 2.11. The maximum Gasteiger partial charge on any atom is 0.326 e. The highest BCUT2D eigenvalue weighted by Gasteiger charge is 2.24. The molecule has 0 aliphatic rings. The summed E-state index contributed by atoms with van der Waals surface area (Å²) in [6, 6.07) is 3.62. The average molecular weight is 337 g/mol. The van der Waals surface area contributed by atoms with E-state index in [0.717, 1.165) is 0 Å². The SMILES string of the molecule is C[C@H](NC(=O)C[n+]1ccccc1)C(=O)N[C@@H](CCCCN)C(=O)O. The molecule has 24 heavy (non-hydrogen) atoms. The van der Waals surface area contributed by atoms with Crippen molar-refractivity contribution in [2.45, 2.75) is 44.8 Å². The van der Waals surface area contributed by atoms with Crippen LogP contribution in [0, 0.1) is 0 Å². The number of carboxylic acid groups (broad SMARTS) is 1. The topological polar surface area (TPSA) is 125 Å². The number of aromatic nitrogens is 1. The lowest BCUT2D eigenvalue weighted by atomic mass is 10.1. The molecule has 0 aromatic carbocycles. The highest BCUT2D eigenvalue weighted by atomic mass is 16.4. The summed E-state index contributed by atoms with van der Waals surface area (Å²) in [4.78, 5) is 35.2. The van der Waals surface area contributed by atoms with Gasteiger partial charge in [0.1, 0.15) is 12.1 Å². The van der Waals surface area contributed by atoms with Crippen molar-refractivity contribution in [1.29, 1.82) is 0 Å². The standard InChI is InChI=1S/C16H24N4O4/c1-12(18-14(21)11-20-9-5-2-6-10-20)15(22)19-13(16(23)24)7-3-4-8-17/h2,5-6,9-10,12-13H,3-4,7-8,11,17H2,1H3,(H2-,18,19,21,22,23,24)/p+1/t12-,13-/m0/s1. The first-order valence-electron chi connectivity index (χ1n) is 7.90. The molecule has 1 aromatic heterocycles. The van der Waals surface area contributed by atoms with Gasteiger partial charge in [0.15, 0.2) is 12.4 Å². The van der Waals surface area contributed by atoms with Gasteiger partial charge in [-0.25, -0.2) is 4.79 Å². The van der Waals surface area contributed by atoms with Crippen LogP contribution < -0.4 is 20.9 Å². The summed E-state index contributed by atoms with van der Waals surface area (Å²) >= 11 is 0. The molecule has 2 amide bonds. The van der Waals surface area contributed by atoms with Crippen LogP contribution in [0.2, 0.25) is 0 Å². The molecule has 5 N–H and O–H groups in total. The van der Waals surface area contributed by atoms with Gasteiger partial charge >= 0.3 is 5.97 Å². The van der Waals surface area contributed by atoms with Crippen LogP contribution in [-0.4, -0.2) is 41.5 Å². The lowest BCUT2D eigenvalue weighted by Crippen LogP contribution is -2.52. The minimum Gasteiger partial charge on any atom is -0.480 e. The predicted molar refractivity (Wildman–Crippen MR) is 86.7 cm³/mol. The van der Waals surface area contributed by atoms with Crippen molar-refractivity contribution in [1.82, 2.24) is 10.6 Å². The number of carbonyl (C=O) groups is 3. The zero-order valence-electron chi connectivity index (χ0n) is 13.8. The molecule has 8 heteroatoms. The number of nitrogens with one attached hydrogen (secondary N) is 2. The van der Waals surface area contributed by atoms with Gasteiger partial charge in [-0.05, 0) is 32.7 Å². The van der Waals surface area contributed by atoms with Crippen molar-refractivity contribution in [2.75, 3.05) is 6.54 Å². The Morgan fingerprint density at radius 3 is 2.38 bits per heavy atom. The van der Waals surface area contributed by atoms with Crippen LogP contribution in [0.15, 0.2) is 30.6 Å². The smallest absolute Gasteiger partial charge is 0.326 e. The number of carboxylic acids is 1. The average Bonchev–Trinajstić information content (AvgIpc) is 2.54. The third-order valence-electron chi connectivity index (χ3n) is 3.44. The van der Waals surface area contributed by atoms with Crippen molar-refractivity contribution in [3.8, 4) is 0 Å². The lowest BCUT2D eigenvalue weighted by molar-refractivity contribution is -0.684. The maximum absolute atomic E-state index is 12.1. The molecular weight excluding hydrogens is 312 g/mol. The van der Waals surface area contributed by atoms with Crippen molar-refractivity contribution in [3.63, 3.8) is 0 Å². The maximum atomic E-state index is 12.1. The molecule has 0 saturated heterocycles. The Morgan fingerprint density at radius 1 is 1.12 bits per heavy atom. The van der Waals surface area contributed by atoms with Crippen LogP contribution in [0.25, 0.3) is 0 Å². The Kier molecular flexibility index (Phi) is 8.42. The summed E-state index contributed by atoms with van der Waals surface area (Å²) in [5, 5.41) is 14.1. The molecule has 0 aliphatic carbocycles. The number of pyridine rings is 1. The van der Waals surface area contributed by atoms with E-state index in [1.54, 1.807) is 29.1 Å². The minimum absolute atomic E-state index is 0.0807. The largest absolute Gasteiger partial charge is 0.480 e. The Morgan fingerprint density at radius 2 is 1.79 bits per heavy atom. The summed E-state index contributed by atoms with van der Waals surface area (Å²) in [5.74, 6) is -1.95. The van der Waals surface area contributed by atoms with Crippen molar-refractivity contribution in [2.24, 2.45) is 5.73 Å². The molecule has 0 radical (unpaired) electrons. The Bertz CT molecular complexity index is 550. The number of amides is 2. The van der Waals surface area contributed by atoms with Crippen LogP contribution in [-0.2, 0) is 20.9 Å². The quantitative estimate of drug-likeness (QED) is 0.328. The number of hydrogen-bond acceptors (Lipinski definition) is 4. The number of nitrogens with zero attached hydrogens (tertiary/aromatic N) is 1. The third kappa shape index (κ3) is 7.19. The van der Waals surface area contributed by atoms with Gasteiger partial charge in [-0.2, -0.15) is 4.57 Å². The van der Waals surface area contributed by atoms with Gasteiger partial charge in [-0.15, -0.1) is 0 Å². The van der Waals surface area contributed by atoms with Crippen LogP contribution >= 0.6 is 0 Å². The van der Waals surface area contributed by atoms with Crippen molar-refractivity contribution >= 4 is 17.8 Å². The van der Waals surface area contributed by atoms with E-state index in [0.29, 0.717) is 25.8 Å². The first-order chi connectivity index (χ1) is 11.4. The third-order valence-corrected chi connectivity index (χ3v) is 3.44. The molecule has 132 valence electrons. The second-order valence-electron chi connectivity index (χ2n) is 5.52. The molecular formula is C16H25N4O4+. The van der Waals surface area contributed by atoms with Crippen molar-refractivity contribution < 1.29 is 24.1 Å². The number of aliphatic carboxylic acids is 1. The number of unbranched alkanes of at least 4 members (excludes halogenated alkanes) is 1. The molecule has 8 nitrogen and oxygen atoms in total. The molecule has 1 heterocycles. The summed E-state index contributed by atoms with van der Waals surface area (Å²) in [6.45, 7) is 2.07. The molecule has 1 aromatic rings. The van der Waals surface area contributed by atoms with Crippen LogP contribution in [0.4, 0.5) is 0 Å². The van der Waals surface area contributed by atoms with Gasteiger partial charge in [0.2, 0.25) is 12.5 Å². The van der Waals surface area contributed by atoms with Gasteiger partial charge in [0, 0.05) is 12.1 Å². The molecule has 0 bridgehead atoms. The van der Waals surface area contributed by atoms with Gasteiger partial charge in [-0.3, -0.25) is 9.59 Å². The highest BCUT2D eigenvalue weighted by Crippen LogP contribution is 2.01. The lowest BCUT2D eigenvalue weighted by Gasteiger charge is -2.18. The Hall–Kier alpha value is -2.48. The zero-order valence-corrected chi connectivity index (χ0v) is 13.8. The Balaban J connectivity index is 2.47. The van der Waals surface area contributed by atoms with E-state index in [1.807, 2.05) is 6.07 Å². The van der Waals surface area contributed by atoms with E-state index in [4.69, 9.17) is 10.8 Å². The molecule has 1 rings (SSSR count). The van der Waals surface area contributed by atoms with E-state index in [1.165, 1.54) is 6.92 Å². The second-order valence-corrected chi connectivity index (χ2v) is 5.52. The zero-order chi connectivity index (χ0) is 17.9. The van der Waals surface area contributed by atoms with E-state index in [9.17, 15) is 14.4 Å². The van der Waals surface area contributed by atoms with E-state index < -0.39 is 24.0 Å². The van der Waals surface area contributed by atoms with E-state index >= 15 is 0 Å². The molecule has 0 spiro atoms. The number of carbonyl (C=O) groups excluding carboxylic acids is 2. The highest BCUT2D eigenvalue weighted by molar-refractivity contribution is 5.89. The van der Waals surface area contributed by atoms with E-state index in [-0.39, 0.29) is 12.5 Å². The second kappa shape index (κ2) is 10.3. The summed E-state index contributed by atoms with van der Waals surface area (Å²) in [7, 11) is 0. The molecule has 0 aliphatic heterocycles. The summed E-state index contributed by atoms with van der Waals surface area (Å²) in [5.41, 5.74) is 5.37. The number of hydrogen-bond donors (Lipinski definition) is 4. The molecule has 2 atom stereocenters. The summed E-state index contributed by atoms with van der Waals surface area (Å²) < 4.78 is 1.67. The molecule has 0 unspecified atom stereocenters. The van der Waals surface area contributed by atoms with E-state index in [2.05, 4.69) is 10.6 Å². The van der Waals surface area contributed by atoms with Crippen molar-refractivity contribution in [3.05, 3.63) is 30.6 Å². The monoisotopic (exact) mass is 337 g/mol. The van der Waals surface area contributed by atoms with Crippen LogP contribution in [0.3, 0.4) is 0 Å². The number of rotatable bonds is 10. The summed E-state index contributed by atoms with van der Waals surface area (Å²) in [6.07, 6.45) is 5.09. The predicted octanol–water partition coefficient (Wildman–Crippen LogP) is -0.823. The molecule has 0 saturated carbocycles. The fraction of sp³-hybridized carbons (Fsp3) is 0.500. The fourth-order valence-electron chi connectivity index (χ4n) is 2.11. The molecule has 0 fully saturated rings. The van der Waals surface area contributed by atoms with Gasteiger partial charge in [0.05, 0.1) is 0 Å². The van der Waals surface area contributed by atoms with Gasteiger partial charge < -0.3 is 21.5 Å². The first-order valence-corrected chi connectivity index (χ1v) is 7.90. The van der Waals surface area contributed by atoms with Crippen LogP contribution in [0.5, 0.6) is 0 Å². The van der Waals surface area contributed by atoms with Gasteiger partial charge in [0.25, 0.3) is 5.91 Å². The van der Waals surface area contributed by atoms with Crippen LogP contribution in [0.1, 0.15) is 26.2 Å². The first kappa shape index (κ1) is 19.6. The normalized spacial score (nSPS) is 12.9. The minimum atomic E-state index is -1.10. The number of nitrogens with two attached hydrogens (primary N) is 1. The van der Waals surface area contributed by atoms with Gasteiger partial charge in [-0.1, -0.05) is 6.07 Å².